The van der Waals surface area contributed by atoms with Gasteiger partial charge in [0.1, 0.15) is 5.82 Å². The van der Waals surface area contributed by atoms with Crippen LogP contribution in [0.2, 0.25) is 0 Å². The van der Waals surface area contributed by atoms with E-state index < -0.39 is 11.8 Å². The molecule has 0 saturated carbocycles. The first-order valence-electron chi connectivity index (χ1n) is 3.61. The Morgan fingerprint density at radius 2 is 2.23 bits per heavy atom. The van der Waals surface area contributed by atoms with Crippen molar-refractivity contribution in [1.82, 2.24) is 0 Å². The molecule has 0 aliphatic rings. The molecule has 0 spiro atoms. The predicted molar refractivity (Wildman–Crippen MR) is 49.5 cm³/mol. The lowest BCUT2D eigenvalue weighted by Gasteiger charge is -2.01. The third-order valence-electron chi connectivity index (χ3n) is 1.57. The average Bonchev–Trinajstić information content (AvgIpc) is 2.16. The highest BCUT2D eigenvalue weighted by Crippen LogP contribution is 2.20. The van der Waals surface area contributed by atoms with Crippen LogP contribution in [-0.4, -0.2) is 19.3 Å². The second-order valence-corrected chi connectivity index (χ2v) is 3.19. The minimum Gasteiger partial charge on any atom is -0.465 e. The summed E-state index contributed by atoms with van der Waals surface area (Å²) in [6.45, 7) is 0. The maximum absolute atomic E-state index is 13.1. The van der Waals surface area contributed by atoms with Crippen LogP contribution in [0.15, 0.2) is 23.1 Å². The molecule has 0 fully saturated rings. The van der Waals surface area contributed by atoms with Crippen molar-refractivity contribution < 1.29 is 13.9 Å². The first-order valence-corrected chi connectivity index (χ1v) is 4.83. The molecule has 0 aliphatic carbocycles. The van der Waals surface area contributed by atoms with E-state index in [-0.39, 0.29) is 5.56 Å². The van der Waals surface area contributed by atoms with E-state index in [1.807, 2.05) is 0 Å². The Morgan fingerprint density at radius 3 is 2.69 bits per heavy atom. The molecular formula is C9H9FO2S. The van der Waals surface area contributed by atoms with Crippen LogP contribution in [0, 0.1) is 5.82 Å². The summed E-state index contributed by atoms with van der Waals surface area (Å²) < 4.78 is 17.6. The van der Waals surface area contributed by atoms with Crippen molar-refractivity contribution in [3.63, 3.8) is 0 Å². The van der Waals surface area contributed by atoms with Crippen molar-refractivity contribution in [2.24, 2.45) is 0 Å². The number of rotatable bonds is 2. The van der Waals surface area contributed by atoms with Crippen LogP contribution in [0.25, 0.3) is 0 Å². The highest BCUT2D eigenvalue weighted by atomic mass is 32.2. The topological polar surface area (TPSA) is 26.3 Å². The number of thioether (sulfide) groups is 1. The summed E-state index contributed by atoms with van der Waals surface area (Å²) in [5.74, 6) is -0.915. The van der Waals surface area contributed by atoms with Crippen LogP contribution in [0.5, 0.6) is 0 Å². The van der Waals surface area contributed by atoms with E-state index >= 15 is 0 Å². The van der Waals surface area contributed by atoms with E-state index in [2.05, 4.69) is 4.74 Å². The lowest BCUT2D eigenvalue weighted by Crippen LogP contribution is -2.01. The summed E-state index contributed by atoms with van der Waals surface area (Å²) in [7, 11) is 1.27. The molecule has 4 heteroatoms. The summed E-state index contributed by atoms with van der Waals surface area (Å²) >= 11 is 1.30. The molecule has 0 heterocycles. The molecule has 1 aromatic carbocycles. The molecule has 13 heavy (non-hydrogen) atoms. The first-order chi connectivity index (χ1) is 6.19. The van der Waals surface area contributed by atoms with Gasteiger partial charge in [0.05, 0.1) is 12.7 Å². The molecule has 70 valence electrons. The van der Waals surface area contributed by atoms with Crippen molar-refractivity contribution in [2.45, 2.75) is 4.90 Å². The number of carbonyl (C=O) groups excluding carboxylic acids is 1. The SMILES string of the molecule is COC(=O)c1ccc(SC)c(F)c1. The second kappa shape index (κ2) is 4.28. The van der Waals surface area contributed by atoms with Gasteiger partial charge < -0.3 is 4.74 Å². The van der Waals surface area contributed by atoms with Crippen LogP contribution in [0.3, 0.4) is 0 Å². The molecule has 2 nitrogen and oxygen atoms in total. The zero-order valence-corrected chi connectivity index (χ0v) is 8.15. The molecule has 0 N–H and O–H groups in total. The normalized spacial score (nSPS) is 9.77. The van der Waals surface area contributed by atoms with Gasteiger partial charge in [0.25, 0.3) is 0 Å². The Balaban J connectivity index is 3.02. The zero-order chi connectivity index (χ0) is 9.84. The number of esters is 1. The smallest absolute Gasteiger partial charge is 0.337 e. The Kier molecular flexibility index (Phi) is 3.31. The highest BCUT2D eigenvalue weighted by molar-refractivity contribution is 7.98. The monoisotopic (exact) mass is 200 g/mol. The minimum atomic E-state index is -0.522. The number of halogens is 1. The molecular weight excluding hydrogens is 191 g/mol. The summed E-state index contributed by atoms with van der Waals surface area (Å²) in [4.78, 5) is 11.5. The van der Waals surface area contributed by atoms with Gasteiger partial charge in [-0.15, -0.1) is 11.8 Å². The van der Waals surface area contributed by atoms with Crippen LogP contribution >= 0.6 is 11.8 Å². The lowest BCUT2D eigenvalue weighted by molar-refractivity contribution is 0.0600. The Bertz CT molecular complexity index is 325. The van der Waals surface area contributed by atoms with E-state index in [1.54, 1.807) is 18.4 Å². The molecule has 0 aromatic heterocycles. The molecule has 0 amide bonds. The van der Waals surface area contributed by atoms with Gasteiger partial charge >= 0.3 is 5.97 Å². The number of ether oxygens (including phenoxy) is 1. The zero-order valence-electron chi connectivity index (χ0n) is 7.33. The summed E-state index contributed by atoms with van der Waals surface area (Å²) in [6, 6.07) is 4.28. The van der Waals surface area contributed by atoms with Crippen molar-refractivity contribution >= 4 is 17.7 Å². The maximum Gasteiger partial charge on any atom is 0.337 e. The van der Waals surface area contributed by atoms with Crippen molar-refractivity contribution in [3.8, 4) is 0 Å². The van der Waals surface area contributed by atoms with Crippen LogP contribution < -0.4 is 0 Å². The quantitative estimate of drug-likeness (QED) is 0.541. The molecule has 0 bridgehead atoms. The van der Waals surface area contributed by atoms with E-state index in [4.69, 9.17) is 0 Å². The standard InChI is InChI=1S/C9H9FO2S/c1-12-9(11)6-3-4-8(13-2)7(10)5-6/h3-5H,1-2H3. The molecule has 0 atom stereocenters. The van der Waals surface area contributed by atoms with Crippen LogP contribution in [-0.2, 0) is 4.74 Å². The molecule has 0 radical (unpaired) electrons. The van der Waals surface area contributed by atoms with Crippen LogP contribution in [0.4, 0.5) is 4.39 Å². The van der Waals surface area contributed by atoms with E-state index in [1.165, 1.54) is 24.9 Å². The van der Waals surface area contributed by atoms with Crippen LogP contribution in [0.1, 0.15) is 10.4 Å². The van der Waals surface area contributed by atoms with Gasteiger partial charge in [0, 0.05) is 4.90 Å². The molecule has 0 aliphatic heterocycles. The largest absolute Gasteiger partial charge is 0.465 e. The fourth-order valence-electron chi connectivity index (χ4n) is 0.911. The summed E-state index contributed by atoms with van der Waals surface area (Å²) in [5, 5.41) is 0. The number of carbonyl (C=O) groups is 1. The first kappa shape index (κ1) is 10.1. The van der Waals surface area contributed by atoms with Gasteiger partial charge in [-0.05, 0) is 24.5 Å². The molecule has 1 rings (SSSR count). The van der Waals surface area contributed by atoms with Crippen molar-refractivity contribution in [2.75, 3.05) is 13.4 Å². The fourth-order valence-corrected chi connectivity index (χ4v) is 1.37. The van der Waals surface area contributed by atoms with Gasteiger partial charge in [-0.2, -0.15) is 0 Å². The van der Waals surface area contributed by atoms with E-state index in [0.717, 1.165) is 0 Å². The van der Waals surface area contributed by atoms with Gasteiger partial charge in [-0.25, -0.2) is 9.18 Å². The third kappa shape index (κ3) is 2.21. The van der Waals surface area contributed by atoms with Gasteiger partial charge in [-0.3, -0.25) is 0 Å². The van der Waals surface area contributed by atoms with Crippen molar-refractivity contribution in [1.29, 1.82) is 0 Å². The Labute approximate surface area is 80.1 Å². The predicted octanol–water partition coefficient (Wildman–Crippen LogP) is 2.33. The highest BCUT2D eigenvalue weighted by Gasteiger charge is 2.08. The maximum atomic E-state index is 13.1. The molecule has 0 saturated heterocycles. The number of hydrogen-bond acceptors (Lipinski definition) is 3. The van der Waals surface area contributed by atoms with Gasteiger partial charge in [0.2, 0.25) is 0 Å². The van der Waals surface area contributed by atoms with E-state index in [9.17, 15) is 9.18 Å². The molecule has 0 unspecified atom stereocenters. The Hall–Kier alpha value is -1.03. The average molecular weight is 200 g/mol. The van der Waals surface area contributed by atoms with E-state index in [0.29, 0.717) is 4.90 Å². The summed E-state index contributed by atoms with van der Waals surface area (Å²) in [6.07, 6.45) is 1.77. The third-order valence-corrected chi connectivity index (χ3v) is 2.34. The fraction of sp³-hybridized carbons (Fsp3) is 0.222. The number of hydrogen-bond donors (Lipinski definition) is 0. The minimum absolute atomic E-state index is 0.234. The van der Waals surface area contributed by atoms with Gasteiger partial charge in [0.15, 0.2) is 0 Å². The number of benzene rings is 1. The van der Waals surface area contributed by atoms with Crippen molar-refractivity contribution in [3.05, 3.63) is 29.6 Å². The second-order valence-electron chi connectivity index (χ2n) is 2.34. The number of methoxy groups -OCH3 is 1. The van der Waals surface area contributed by atoms with Gasteiger partial charge in [-0.1, -0.05) is 0 Å². The summed E-state index contributed by atoms with van der Waals surface area (Å²) in [5.41, 5.74) is 0.234. The molecule has 1 aromatic rings. The Morgan fingerprint density at radius 1 is 1.54 bits per heavy atom. The lowest BCUT2D eigenvalue weighted by atomic mass is 10.2.